The third kappa shape index (κ3) is 5.14. The number of methoxy groups -OCH3 is 1. The molecule has 0 aliphatic heterocycles. The zero-order valence-corrected chi connectivity index (χ0v) is 11.2. The van der Waals surface area contributed by atoms with Crippen LogP contribution in [0.15, 0.2) is 30.3 Å². The molecule has 0 saturated carbocycles. The van der Waals surface area contributed by atoms with Crippen molar-refractivity contribution < 1.29 is 18.3 Å². The first-order valence-corrected chi connectivity index (χ1v) is 7.39. The number of nitrogens with one attached hydrogen (secondary N) is 1. The molecule has 0 bridgehead atoms. The lowest BCUT2D eigenvalue weighted by Gasteiger charge is -2.16. The highest BCUT2D eigenvalue weighted by Crippen LogP contribution is 2.13. The Morgan fingerprint density at radius 3 is 2.56 bits per heavy atom. The summed E-state index contributed by atoms with van der Waals surface area (Å²) < 4.78 is 30.8. The van der Waals surface area contributed by atoms with Crippen LogP contribution in [0.2, 0.25) is 0 Å². The van der Waals surface area contributed by atoms with Crippen LogP contribution >= 0.6 is 0 Å². The second-order valence-electron chi connectivity index (χ2n) is 3.93. The van der Waals surface area contributed by atoms with Gasteiger partial charge in [-0.15, -0.1) is 0 Å². The zero-order chi connectivity index (χ0) is 13.4. The molecule has 0 aliphatic rings. The van der Waals surface area contributed by atoms with E-state index in [0.717, 1.165) is 5.56 Å². The van der Waals surface area contributed by atoms with Gasteiger partial charge in [0, 0.05) is 13.7 Å². The van der Waals surface area contributed by atoms with Gasteiger partial charge in [-0.25, -0.2) is 13.1 Å². The molecule has 0 radical (unpaired) electrons. The molecule has 0 spiro atoms. The van der Waals surface area contributed by atoms with E-state index in [4.69, 9.17) is 4.74 Å². The molecule has 1 rings (SSSR count). The second kappa shape index (κ2) is 7.48. The van der Waals surface area contributed by atoms with Crippen molar-refractivity contribution in [2.75, 3.05) is 26.1 Å². The van der Waals surface area contributed by atoms with Gasteiger partial charge in [0.1, 0.15) is 0 Å². The highest BCUT2D eigenvalue weighted by molar-refractivity contribution is 7.89. The Bertz CT molecular complexity index is 433. The molecule has 1 aromatic rings. The van der Waals surface area contributed by atoms with Crippen LogP contribution in [0.25, 0.3) is 0 Å². The summed E-state index contributed by atoms with van der Waals surface area (Å²) in [6.45, 7) is 0.129. The first-order chi connectivity index (χ1) is 8.59. The van der Waals surface area contributed by atoms with E-state index in [1.54, 1.807) is 24.3 Å². The lowest BCUT2D eigenvalue weighted by atomic mass is 10.1. The molecule has 1 aromatic carbocycles. The molecule has 0 fully saturated rings. The van der Waals surface area contributed by atoms with Gasteiger partial charge in [0.25, 0.3) is 0 Å². The molecule has 6 heteroatoms. The Morgan fingerprint density at radius 1 is 1.33 bits per heavy atom. The molecular weight excluding hydrogens is 254 g/mol. The Labute approximate surface area is 108 Å². The summed E-state index contributed by atoms with van der Waals surface area (Å²) in [5.41, 5.74) is 0.746. The van der Waals surface area contributed by atoms with Crippen molar-refractivity contribution in [1.82, 2.24) is 4.72 Å². The van der Waals surface area contributed by atoms with Gasteiger partial charge in [0.05, 0.1) is 18.4 Å². The van der Waals surface area contributed by atoms with Crippen LogP contribution in [0, 0.1) is 0 Å². The number of aliphatic hydroxyl groups is 1. The maximum Gasteiger partial charge on any atom is 0.212 e. The highest BCUT2D eigenvalue weighted by atomic mass is 32.2. The van der Waals surface area contributed by atoms with Gasteiger partial charge in [-0.3, -0.25) is 0 Å². The summed E-state index contributed by atoms with van der Waals surface area (Å²) in [4.78, 5) is 0. The number of benzene rings is 1. The SMILES string of the molecule is COCCCS(=O)(=O)N[C@@H](CO)c1ccccc1. The molecule has 2 N–H and O–H groups in total. The van der Waals surface area contributed by atoms with Crippen LogP contribution in [0.4, 0.5) is 0 Å². The van der Waals surface area contributed by atoms with Crippen molar-refractivity contribution in [3.8, 4) is 0 Å². The minimum atomic E-state index is -3.40. The number of sulfonamides is 1. The fourth-order valence-corrected chi connectivity index (χ4v) is 2.82. The number of hydrogen-bond acceptors (Lipinski definition) is 4. The lowest BCUT2D eigenvalue weighted by molar-refractivity contribution is 0.199. The van der Waals surface area contributed by atoms with E-state index in [9.17, 15) is 13.5 Å². The zero-order valence-electron chi connectivity index (χ0n) is 10.4. The van der Waals surface area contributed by atoms with Crippen LogP contribution in [0.3, 0.4) is 0 Å². The molecule has 0 aliphatic carbocycles. The number of hydrogen-bond donors (Lipinski definition) is 2. The van der Waals surface area contributed by atoms with E-state index < -0.39 is 16.1 Å². The van der Waals surface area contributed by atoms with Crippen molar-refractivity contribution >= 4 is 10.0 Å². The first-order valence-electron chi connectivity index (χ1n) is 5.74. The quantitative estimate of drug-likeness (QED) is 0.683. The standard InChI is InChI=1S/C12H19NO4S/c1-17-8-5-9-18(15,16)13-12(10-14)11-6-3-2-4-7-11/h2-4,6-7,12-14H,5,8-10H2,1H3/t12-/m0/s1. The summed E-state index contributed by atoms with van der Waals surface area (Å²) in [5.74, 6) is -0.00975. The summed E-state index contributed by atoms with van der Waals surface area (Å²) in [5, 5.41) is 9.26. The molecular formula is C12H19NO4S. The van der Waals surface area contributed by atoms with Crippen LogP contribution in [0.1, 0.15) is 18.0 Å². The summed E-state index contributed by atoms with van der Waals surface area (Å²) >= 11 is 0. The van der Waals surface area contributed by atoms with Crippen LogP contribution in [-0.2, 0) is 14.8 Å². The largest absolute Gasteiger partial charge is 0.394 e. The van der Waals surface area contributed by atoms with Gasteiger partial charge in [0.15, 0.2) is 0 Å². The number of ether oxygens (including phenoxy) is 1. The average molecular weight is 273 g/mol. The number of rotatable bonds is 8. The Morgan fingerprint density at radius 2 is 2.00 bits per heavy atom. The molecule has 1 atom stereocenters. The van der Waals surface area contributed by atoms with Gasteiger partial charge in [-0.2, -0.15) is 0 Å². The first kappa shape index (κ1) is 15.1. The van der Waals surface area contributed by atoms with Crippen molar-refractivity contribution in [2.45, 2.75) is 12.5 Å². The predicted octanol–water partition coefficient (Wildman–Crippen LogP) is 0.676. The summed E-state index contributed by atoms with van der Waals surface area (Å²) in [6.07, 6.45) is 0.429. The summed E-state index contributed by atoms with van der Waals surface area (Å²) in [7, 11) is -1.87. The van der Waals surface area contributed by atoms with Gasteiger partial charge < -0.3 is 9.84 Å². The molecule has 0 saturated heterocycles. The van der Waals surface area contributed by atoms with Crippen LogP contribution < -0.4 is 4.72 Å². The fraction of sp³-hybridized carbons (Fsp3) is 0.500. The molecule has 18 heavy (non-hydrogen) atoms. The molecule has 0 heterocycles. The fourth-order valence-electron chi connectivity index (χ4n) is 1.57. The van der Waals surface area contributed by atoms with Gasteiger partial charge in [0.2, 0.25) is 10.0 Å². The van der Waals surface area contributed by atoms with Crippen LogP contribution in [-0.4, -0.2) is 39.6 Å². The van der Waals surface area contributed by atoms with Crippen molar-refractivity contribution in [1.29, 1.82) is 0 Å². The molecule has 0 amide bonds. The predicted molar refractivity (Wildman–Crippen MR) is 69.7 cm³/mol. The third-order valence-electron chi connectivity index (χ3n) is 2.47. The van der Waals surface area contributed by atoms with E-state index in [1.165, 1.54) is 7.11 Å². The van der Waals surface area contributed by atoms with Crippen molar-refractivity contribution in [3.63, 3.8) is 0 Å². The van der Waals surface area contributed by atoms with Crippen molar-refractivity contribution in [3.05, 3.63) is 35.9 Å². The van der Waals surface area contributed by atoms with Gasteiger partial charge in [-0.1, -0.05) is 30.3 Å². The minimum absolute atomic E-state index is 0.00975. The smallest absolute Gasteiger partial charge is 0.212 e. The monoisotopic (exact) mass is 273 g/mol. The molecule has 102 valence electrons. The Balaban J connectivity index is 2.63. The van der Waals surface area contributed by atoms with Gasteiger partial charge >= 0.3 is 0 Å². The minimum Gasteiger partial charge on any atom is -0.394 e. The highest BCUT2D eigenvalue weighted by Gasteiger charge is 2.18. The lowest BCUT2D eigenvalue weighted by Crippen LogP contribution is -2.33. The Hall–Kier alpha value is -0.950. The maximum absolute atomic E-state index is 11.8. The molecule has 5 nitrogen and oxygen atoms in total. The van der Waals surface area contributed by atoms with E-state index >= 15 is 0 Å². The normalized spacial score (nSPS) is 13.4. The maximum atomic E-state index is 11.8. The van der Waals surface area contributed by atoms with E-state index in [0.29, 0.717) is 13.0 Å². The van der Waals surface area contributed by atoms with E-state index in [1.807, 2.05) is 6.07 Å². The second-order valence-corrected chi connectivity index (χ2v) is 5.80. The third-order valence-corrected chi connectivity index (χ3v) is 3.94. The van der Waals surface area contributed by atoms with E-state index in [-0.39, 0.29) is 12.4 Å². The molecule has 0 unspecified atom stereocenters. The van der Waals surface area contributed by atoms with Crippen molar-refractivity contribution in [2.24, 2.45) is 0 Å². The summed E-state index contributed by atoms with van der Waals surface area (Å²) in [6, 6.07) is 8.40. The Kier molecular flexibility index (Phi) is 6.28. The van der Waals surface area contributed by atoms with Crippen LogP contribution in [0.5, 0.6) is 0 Å². The average Bonchev–Trinajstić information content (AvgIpc) is 2.37. The van der Waals surface area contributed by atoms with E-state index in [2.05, 4.69) is 4.72 Å². The van der Waals surface area contributed by atoms with Gasteiger partial charge in [-0.05, 0) is 12.0 Å². The topological polar surface area (TPSA) is 75.6 Å². The number of aliphatic hydroxyl groups excluding tert-OH is 1. The molecule has 0 aromatic heterocycles.